The Morgan fingerprint density at radius 1 is 0.895 bits per heavy atom. The van der Waals surface area contributed by atoms with E-state index in [9.17, 15) is 4.79 Å². The molecule has 3 aromatic carbocycles. The number of nitrogens with one attached hydrogen (secondary N) is 2. The number of carbonyl (C=O) groups is 1. The number of aromatic nitrogens is 2. The van der Waals surface area contributed by atoms with Crippen LogP contribution in [0.3, 0.4) is 0 Å². The average Bonchev–Trinajstić information content (AvgIpc) is 3.26. The van der Waals surface area contributed by atoms with Crippen LogP contribution >= 0.6 is 0 Å². The van der Waals surface area contributed by atoms with Gasteiger partial charge in [0.1, 0.15) is 5.82 Å². The van der Waals surface area contributed by atoms with Gasteiger partial charge in [0.05, 0.1) is 11.9 Å². The molecule has 1 aromatic heterocycles. The summed E-state index contributed by atoms with van der Waals surface area (Å²) < 4.78 is 0. The normalized spacial score (nSPS) is 17.9. The number of anilines is 2. The van der Waals surface area contributed by atoms with Crippen molar-refractivity contribution in [1.29, 1.82) is 0 Å². The van der Waals surface area contributed by atoms with E-state index in [0.29, 0.717) is 18.9 Å². The lowest BCUT2D eigenvalue weighted by atomic mass is 9.97. The maximum absolute atomic E-state index is 13.3. The highest BCUT2D eigenvalue weighted by atomic mass is 16.2. The first-order valence-corrected chi connectivity index (χ1v) is 13.6. The molecule has 0 saturated carbocycles. The third-order valence-corrected chi connectivity index (χ3v) is 7.54. The predicted octanol–water partition coefficient (Wildman–Crippen LogP) is 4.35. The summed E-state index contributed by atoms with van der Waals surface area (Å²) in [6.07, 6.45) is 2.37. The zero-order valence-electron chi connectivity index (χ0n) is 21.6. The molecule has 2 N–H and O–H groups in total. The van der Waals surface area contributed by atoms with Crippen molar-refractivity contribution in [3.05, 3.63) is 84.4 Å². The zero-order chi connectivity index (χ0) is 25.7. The van der Waals surface area contributed by atoms with Crippen LogP contribution in [0.25, 0.3) is 22.0 Å². The average molecular weight is 507 g/mol. The third-order valence-electron chi connectivity index (χ3n) is 7.54. The monoisotopic (exact) mass is 506 g/mol. The van der Waals surface area contributed by atoms with Crippen molar-refractivity contribution in [2.24, 2.45) is 0 Å². The number of rotatable bonds is 6. The van der Waals surface area contributed by atoms with Gasteiger partial charge in [-0.2, -0.15) is 4.98 Å². The first kappa shape index (κ1) is 24.4. The predicted molar refractivity (Wildman–Crippen MR) is 153 cm³/mol. The Bertz CT molecular complexity index is 1400. The molecule has 0 unspecified atom stereocenters. The Kier molecular flexibility index (Phi) is 7.18. The van der Waals surface area contributed by atoms with Gasteiger partial charge < -0.3 is 20.4 Å². The number of fused-ring (bicyclic) bond motifs is 1. The zero-order valence-corrected chi connectivity index (χ0v) is 21.6. The summed E-state index contributed by atoms with van der Waals surface area (Å²) in [6, 6.07) is 26.9. The number of carbonyl (C=O) groups excluding carboxylic acids is 1. The largest absolute Gasteiger partial charge is 0.355 e. The fourth-order valence-corrected chi connectivity index (χ4v) is 5.56. The van der Waals surface area contributed by atoms with Crippen LogP contribution in [-0.2, 0) is 11.2 Å². The van der Waals surface area contributed by atoms with E-state index in [-0.39, 0.29) is 11.9 Å². The van der Waals surface area contributed by atoms with Crippen molar-refractivity contribution >= 4 is 28.6 Å². The molecule has 0 spiro atoms. The lowest BCUT2D eigenvalue weighted by molar-refractivity contribution is -0.129. The number of likely N-dealkylation sites (tertiary alicyclic amines) is 1. The van der Waals surface area contributed by atoms with Gasteiger partial charge >= 0.3 is 0 Å². The first-order chi connectivity index (χ1) is 18.7. The molecule has 1 amide bonds. The highest BCUT2D eigenvalue weighted by molar-refractivity contribution is 5.90. The molecule has 3 heterocycles. The summed E-state index contributed by atoms with van der Waals surface area (Å²) in [7, 11) is 0. The Labute approximate surface area is 223 Å². The van der Waals surface area contributed by atoms with E-state index in [1.807, 2.05) is 41.3 Å². The summed E-state index contributed by atoms with van der Waals surface area (Å²) >= 11 is 0. The van der Waals surface area contributed by atoms with Crippen molar-refractivity contribution in [2.45, 2.75) is 25.3 Å². The van der Waals surface area contributed by atoms with Crippen molar-refractivity contribution < 1.29 is 4.79 Å². The van der Waals surface area contributed by atoms with E-state index in [1.165, 1.54) is 0 Å². The van der Waals surface area contributed by atoms with Gasteiger partial charge in [-0.25, -0.2) is 4.98 Å². The molecule has 38 heavy (non-hydrogen) atoms. The lowest BCUT2D eigenvalue weighted by Crippen LogP contribution is -2.33. The van der Waals surface area contributed by atoms with E-state index >= 15 is 0 Å². The van der Waals surface area contributed by atoms with Gasteiger partial charge in [-0.05, 0) is 48.2 Å². The second-order valence-corrected chi connectivity index (χ2v) is 10.1. The smallest absolute Gasteiger partial charge is 0.227 e. The molecule has 7 heteroatoms. The maximum Gasteiger partial charge on any atom is 0.227 e. The highest BCUT2D eigenvalue weighted by Gasteiger charge is 2.28. The maximum atomic E-state index is 13.3. The molecule has 194 valence electrons. The van der Waals surface area contributed by atoms with Crippen molar-refractivity contribution in [3.8, 4) is 11.1 Å². The third kappa shape index (κ3) is 5.34. The number of hydrogen-bond donors (Lipinski definition) is 2. The number of amides is 1. The number of benzene rings is 3. The number of nitrogens with zero attached hydrogens (tertiary/aromatic N) is 4. The van der Waals surface area contributed by atoms with Gasteiger partial charge in [0.2, 0.25) is 11.9 Å². The van der Waals surface area contributed by atoms with Crippen molar-refractivity contribution in [2.75, 3.05) is 49.5 Å². The van der Waals surface area contributed by atoms with Crippen LogP contribution < -0.4 is 15.5 Å². The highest BCUT2D eigenvalue weighted by Crippen LogP contribution is 2.28. The van der Waals surface area contributed by atoms with Crippen molar-refractivity contribution in [1.82, 2.24) is 20.2 Å². The van der Waals surface area contributed by atoms with Gasteiger partial charge in [0.25, 0.3) is 0 Å². The van der Waals surface area contributed by atoms with Gasteiger partial charge in [-0.1, -0.05) is 66.7 Å². The number of para-hydroxylation sites is 1. The topological polar surface area (TPSA) is 73.4 Å². The molecule has 2 saturated heterocycles. The minimum Gasteiger partial charge on any atom is -0.355 e. The molecule has 4 aromatic rings. The fourth-order valence-electron chi connectivity index (χ4n) is 5.56. The molecule has 2 aliphatic rings. The molecule has 0 bridgehead atoms. The minimum atomic E-state index is 0.128. The Morgan fingerprint density at radius 3 is 2.63 bits per heavy atom. The van der Waals surface area contributed by atoms with Crippen LogP contribution in [-0.4, -0.2) is 66.1 Å². The summed E-state index contributed by atoms with van der Waals surface area (Å²) in [5.41, 5.74) is 4.27. The molecule has 1 atom stereocenters. The number of hydrogen-bond acceptors (Lipinski definition) is 6. The quantitative estimate of drug-likeness (QED) is 0.405. The molecular formula is C31H34N6O. The van der Waals surface area contributed by atoms with E-state index < -0.39 is 0 Å². The van der Waals surface area contributed by atoms with Crippen LogP contribution in [0, 0.1) is 0 Å². The Morgan fingerprint density at radius 2 is 1.71 bits per heavy atom. The van der Waals surface area contributed by atoms with Crippen LogP contribution in [0.4, 0.5) is 11.8 Å². The van der Waals surface area contributed by atoms with Gasteiger partial charge in [-0.3, -0.25) is 4.79 Å². The fraction of sp³-hybridized carbons (Fsp3) is 0.323. The SMILES string of the molecule is O=C(Cc1ccccc1-c1ccccc1)N1CC[C@H](Nc2nc(N3CCCNCC3)c3ccccc3n2)C1. The van der Waals surface area contributed by atoms with Crippen LogP contribution in [0.2, 0.25) is 0 Å². The molecule has 0 radical (unpaired) electrons. The van der Waals surface area contributed by atoms with E-state index in [4.69, 9.17) is 9.97 Å². The van der Waals surface area contributed by atoms with Crippen LogP contribution in [0.1, 0.15) is 18.4 Å². The van der Waals surface area contributed by atoms with E-state index in [1.54, 1.807) is 0 Å². The molecule has 7 nitrogen and oxygen atoms in total. The van der Waals surface area contributed by atoms with Crippen LogP contribution in [0.5, 0.6) is 0 Å². The van der Waals surface area contributed by atoms with Crippen molar-refractivity contribution in [3.63, 3.8) is 0 Å². The molecule has 6 rings (SSSR count). The summed E-state index contributed by atoms with van der Waals surface area (Å²) in [5, 5.41) is 8.11. The molecule has 0 aliphatic carbocycles. The second-order valence-electron chi connectivity index (χ2n) is 10.1. The standard InChI is InChI=1S/C31H34N6O/c38-29(21-24-11-4-5-12-26(24)23-9-2-1-3-10-23)37-19-15-25(22-37)33-31-34-28-14-7-6-13-27(28)30(35-31)36-18-8-16-32-17-20-36/h1-7,9-14,25,32H,8,15-22H2,(H,33,34,35)/t25-/m0/s1. The Balaban J connectivity index is 1.16. The lowest BCUT2D eigenvalue weighted by Gasteiger charge is -2.24. The minimum absolute atomic E-state index is 0.128. The summed E-state index contributed by atoms with van der Waals surface area (Å²) in [5.74, 6) is 1.80. The molecule has 2 fully saturated rings. The van der Waals surface area contributed by atoms with Gasteiger partial charge in [0, 0.05) is 44.2 Å². The summed E-state index contributed by atoms with van der Waals surface area (Å²) in [4.78, 5) is 27.5. The molecular weight excluding hydrogens is 472 g/mol. The van der Waals surface area contributed by atoms with E-state index in [2.05, 4.69) is 58.0 Å². The van der Waals surface area contributed by atoms with E-state index in [0.717, 1.165) is 79.0 Å². The Hall–Kier alpha value is -3.97. The first-order valence-electron chi connectivity index (χ1n) is 13.6. The summed E-state index contributed by atoms with van der Waals surface area (Å²) in [6.45, 7) is 5.29. The van der Waals surface area contributed by atoms with Crippen LogP contribution in [0.15, 0.2) is 78.9 Å². The van der Waals surface area contributed by atoms with Gasteiger partial charge in [-0.15, -0.1) is 0 Å². The molecule has 2 aliphatic heterocycles. The van der Waals surface area contributed by atoms with Gasteiger partial charge in [0.15, 0.2) is 0 Å². The second kappa shape index (κ2) is 11.2.